The first-order valence-electron chi connectivity index (χ1n) is 9.94. The minimum absolute atomic E-state index is 0.0213. The third-order valence-corrected chi connectivity index (χ3v) is 5.04. The number of allylic oxidation sites excluding steroid dienone is 1. The van der Waals surface area contributed by atoms with Crippen molar-refractivity contribution in [3.63, 3.8) is 0 Å². The van der Waals surface area contributed by atoms with Gasteiger partial charge in [-0.05, 0) is 36.2 Å². The van der Waals surface area contributed by atoms with Crippen LogP contribution in [0.1, 0.15) is 29.5 Å². The Morgan fingerprint density at radius 1 is 1.03 bits per heavy atom. The minimum atomic E-state index is -0.447. The van der Waals surface area contributed by atoms with Crippen molar-refractivity contribution >= 4 is 0 Å². The first-order valence-corrected chi connectivity index (χ1v) is 9.94. The number of aromatic hydroxyl groups is 1. The normalized spacial score (nSPS) is 14.9. The van der Waals surface area contributed by atoms with Gasteiger partial charge in [0.05, 0.1) is 12.5 Å². The topological polar surface area (TPSA) is 97.7 Å². The second-order valence-corrected chi connectivity index (χ2v) is 7.06. The van der Waals surface area contributed by atoms with E-state index in [-0.39, 0.29) is 11.6 Å². The predicted octanol–water partition coefficient (Wildman–Crippen LogP) is 4.59. The van der Waals surface area contributed by atoms with Gasteiger partial charge < -0.3 is 25.1 Å². The molecule has 0 saturated carbocycles. The number of rotatable bonds is 6. The first-order chi connectivity index (χ1) is 15.1. The summed E-state index contributed by atoms with van der Waals surface area (Å²) in [6, 6.07) is 22.4. The Morgan fingerprint density at radius 2 is 1.84 bits per heavy atom. The van der Waals surface area contributed by atoms with Gasteiger partial charge >= 0.3 is 0 Å². The van der Waals surface area contributed by atoms with Crippen LogP contribution in [0.2, 0.25) is 0 Å². The van der Waals surface area contributed by atoms with Crippen molar-refractivity contribution in [1.82, 2.24) is 0 Å². The van der Waals surface area contributed by atoms with E-state index in [1.165, 1.54) is 6.07 Å². The first kappa shape index (κ1) is 20.2. The van der Waals surface area contributed by atoms with Crippen molar-refractivity contribution in [3.8, 4) is 29.1 Å². The van der Waals surface area contributed by atoms with E-state index in [1.807, 2.05) is 55.5 Å². The molecule has 6 nitrogen and oxygen atoms in total. The Hall–Kier alpha value is -4.11. The van der Waals surface area contributed by atoms with E-state index in [9.17, 15) is 10.4 Å². The number of phenols is 1. The van der Waals surface area contributed by atoms with Gasteiger partial charge in [-0.1, -0.05) is 42.5 Å². The van der Waals surface area contributed by atoms with Gasteiger partial charge in [0.15, 0.2) is 11.5 Å². The lowest BCUT2D eigenvalue weighted by Crippen LogP contribution is -2.21. The van der Waals surface area contributed by atoms with Crippen LogP contribution in [0, 0.1) is 11.3 Å². The zero-order valence-corrected chi connectivity index (χ0v) is 17.0. The van der Waals surface area contributed by atoms with Gasteiger partial charge in [0, 0.05) is 11.6 Å². The largest absolute Gasteiger partial charge is 0.508 e. The monoisotopic (exact) mass is 414 g/mol. The minimum Gasteiger partial charge on any atom is -0.508 e. The van der Waals surface area contributed by atoms with Crippen LogP contribution in [0.5, 0.6) is 23.0 Å². The van der Waals surface area contributed by atoms with E-state index in [0.29, 0.717) is 36.0 Å². The van der Waals surface area contributed by atoms with Crippen LogP contribution in [0.4, 0.5) is 0 Å². The van der Waals surface area contributed by atoms with E-state index in [1.54, 1.807) is 12.1 Å². The Kier molecular flexibility index (Phi) is 5.67. The molecule has 0 fully saturated rings. The van der Waals surface area contributed by atoms with Crippen molar-refractivity contribution in [2.45, 2.75) is 19.4 Å². The SMILES string of the molecule is CCOc1cc([C@H]2C(C#N)=C(N)Oc3cc(O)ccc32)ccc1OCc1ccccc1. The molecule has 156 valence electrons. The summed E-state index contributed by atoms with van der Waals surface area (Å²) in [4.78, 5) is 0. The summed E-state index contributed by atoms with van der Waals surface area (Å²) in [5.74, 6) is 1.25. The van der Waals surface area contributed by atoms with Crippen LogP contribution in [-0.4, -0.2) is 11.7 Å². The summed E-state index contributed by atoms with van der Waals surface area (Å²) in [5, 5.41) is 19.6. The van der Waals surface area contributed by atoms with Crippen LogP contribution < -0.4 is 19.9 Å². The fraction of sp³-hybridized carbons (Fsp3) is 0.160. The molecule has 31 heavy (non-hydrogen) atoms. The van der Waals surface area contributed by atoms with E-state index in [2.05, 4.69) is 6.07 Å². The molecule has 3 aromatic carbocycles. The molecule has 1 heterocycles. The summed E-state index contributed by atoms with van der Waals surface area (Å²) < 4.78 is 17.4. The number of benzene rings is 3. The smallest absolute Gasteiger partial charge is 0.205 e. The van der Waals surface area contributed by atoms with Gasteiger partial charge in [0.1, 0.15) is 29.7 Å². The Bertz CT molecular complexity index is 1170. The second kappa shape index (κ2) is 8.72. The lowest BCUT2D eigenvalue weighted by Gasteiger charge is -2.27. The Balaban J connectivity index is 1.72. The van der Waals surface area contributed by atoms with Crippen molar-refractivity contribution in [3.05, 3.63) is 94.9 Å². The van der Waals surface area contributed by atoms with Gasteiger partial charge in [0.25, 0.3) is 0 Å². The molecular formula is C25H22N2O4. The molecule has 0 amide bonds. The van der Waals surface area contributed by atoms with E-state index >= 15 is 0 Å². The lowest BCUT2D eigenvalue weighted by molar-refractivity contribution is 0.269. The maximum atomic E-state index is 9.82. The van der Waals surface area contributed by atoms with Crippen LogP contribution in [0.25, 0.3) is 0 Å². The number of phenolic OH excluding ortho intramolecular Hbond substituents is 1. The summed E-state index contributed by atoms with van der Waals surface area (Å²) in [7, 11) is 0. The summed E-state index contributed by atoms with van der Waals surface area (Å²) in [6.07, 6.45) is 0. The molecule has 3 aromatic rings. The van der Waals surface area contributed by atoms with Gasteiger partial charge in [-0.15, -0.1) is 0 Å². The second-order valence-electron chi connectivity index (χ2n) is 7.06. The number of fused-ring (bicyclic) bond motifs is 1. The zero-order chi connectivity index (χ0) is 21.8. The molecule has 4 rings (SSSR count). The Morgan fingerprint density at radius 3 is 2.58 bits per heavy atom. The van der Waals surface area contributed by atoms with Crippen LogP contribution in [0.3, 0.4) is 0 Å². The van der Waals surface area contributed by atoms with Crippen LogP contribution in [-0.2, 0) is 6.61 Å². The molecule has 1 atom stereocenters. The summed E-state index contributed by atoms with van der Waals surface area (Å²) in [5.41, 5.74) is 8.92. The van der Waals surface area contributed by atoms with Gasteiger partial charge in [-0.3, -0.25) is 0 Å². The van der Waals surface area contributed by atoms with E-state index < -0.39 is 5.92 Å². The van der Waals surface area contributed by atoms with Crippen molar-refractivity contribution in [1.29, 1.82) is 5.26 Å². The molecular weight excluding hydrogens is 392 g/mol. The highest BCUT2D eigenvalue weighted by atomic mass is 16.5. The molecule has 0 spiro atoms. The molecule has 3 N–H and O–H groups in total. The number of nitrogens with two attached hydrogens (primary N) is 1. The highest BCUT2D eigenvalue weighted by molar-refractivity contribution is 5.58. The standard InChI is InChI=1S/C25H22N2O4/c1-2-29-23-12-17(8-11-21(23)30-15-16-6-4-3-5-7-16)24-19-10-9-18(28)13-22(19)31-25(27)20(24)14-26/h3-13,24,28H,2,15,27H2,1H3/t24-/m1/s1. The molecule has 1 aliphatic heterocycles. The number of nitrogens with zero attached hydrogens (tertiary/aromatic N) is 1. The molecule has 6 heteroatoms. The van der Waals surface area contributed by atoms with Crippen LogP contribution >= 0.6 is 0 Å². The molecule has 1 aliphatic rings. The number of hydrogen-bond donors (Lipinski definition) is 2. The number of ether oxygens (including phenoxy) is 3. The highest BCUT2D eigenvalue weighted by Gasteiger charge is 2.31. The fourth-order valence-electron chi connectivity index (χ4n) is 3.61. The molecule has 0 saturated heterocycles. The third kappa shape index (κ3) is 4.12. The fourth-order valence-corrected chi connectivity index (χ4v) is 3.61. The highest BCUT2D eigenvalue weighted by Crippen LogP contribution is 2.45. The van der Waals surface area contributed by atoms with Crippen molar-refractivity contribution in [2.75, 3.05) is 6.61 Å². The van der Waals surface area contributed by atoms with E-state index in [4.69, 9.17) is 19.9 Å². The van der Waals surface area contributed by atoms with Gasteiger partial charge in [-0.2, -0.15) is 5.26 Å². The molecule has 0 aromatic heterocycles. The van der Waals surface area contributed by atoms with Crippen LogP contribution in [0.15, 0.2) is 78.2 Å². The maximum absolute atomic E-state index is 9.82. The third-order valence-electron chi connectivity index (χ3n) is 5.04. The van der Waals surface area contributed by atoms with E-state index in [0.717, 1.165) is 16.7 Å². The average molecular weight is 414 g/mol. The Labute approximate surface area is 180 Å². The predicted molar refractivity (Wildman–Crippen MR) is 116 cm³/mol. The van der Waals surface area contributed by atoms with Gasteiger partial charge in [0.2, 0.25) is 5.88 Å². The van der Waals surface area contributed by atoms with Gasteiger partial charge in [-0.25, -0.2) is 0 Å². The maximum Gasteiger partial charge on any atom is 0.205 e. The lowest BCUT2D eigenvalue weighted by atomic mass is 9.83. The number of hydrogen-bond acceptors (Lipinski definition) is 6. The quantitative estimate of drug-likeness (QED) is 0.612. The molecule has 0 bridgehead atoms. The zero-order valence-electron chi connectivity index (χ0n) is 17.0. The number of nitriles is 1. The average Bonchev–Trinajstić information content (AvgIpc) is 2.78. The molecule has 0 aliphatic carbocycles. The summed E-state index contributed by atoms with van der Waals surface area (Å²) in [6.45, 7) is 2.78. The van der Waals surface area contributed by atoms with Crippen molar-refractivity contribution < 1.29 is 19.3 Å². The molecule has 0 radical (unpaired) electrons. The summed E-state index contributed by atoms with van der Waals surface area (Å²) >= 11 is 0. The molecule has 0 unspecified atom stereocenters. The van der Waals surface area contributed by atoms with Crippen molar-refractivity contribution in [2.24, 2.45) is 5.73 Å².